The van der Waals surface area contributed by atoms with Crippen molar-refractivity contribution in [1.29, 1.82) is 0 Å². The van der Waals surface area contributed by atoms with Gasteiger partial charge in [-0.3, -0.25) is 25.3 Å². The monoisotopic (exact) mass is 422 g/mol. The molecule has 2 aliphatic heterocycles. The van der Waals surface area contributed by atoms with Gasteiger partial charge in [-0.2, -0.15) is 0 Å². The molecular formula is C23H26N4O4. The van der Waals surface area contributed by atoms with Gasteiger partial charge in [0, 0.05) is 42.5 Å². The summed E-state index contributed by atoms with van der Waals surface area (Å²) in [5.41, 5.74) is 7.05. The Labute approximate surface area is 181 Å². The van der Waals surface area contributed by atoms with E-state index in [1.54, 1.807) is 12.1 Å². The molecule has 0 radical (unpaired) electrons. The number of carbonyl (C=O) groups is 3. The SMILES string of the molecule is COC(=O)c1ccc(C(=O)NNC(=O)c2ccc(N3CCN4CCCC4C3)cc2)cc1. The normalized spacial score (nSPS) is 18.2. The number of piperazine rings is 1. The summed E-state index contributed by atoms with van der Waals surface area (Å²) in [5, 5.41) is 0. The van der Waals surface area contributed by atoms with Gasteiger partial charge >= 0.3 is 5.97 Å². The van der Waals surface area contributed by atoms with Crippen molar-refractivity contribution in [3.63, 3.8) is 0 Å². The van der Waals surface area contributed by atoms with Gasteiger partial charge in [0.15, 0.2) is 0 Å². The van der Waals surface area contributed by atoms with Crippen LogP contribution in [0.5, 0.6) is 0 Å². The van der Waals surface area contributed by atoms with Crippen molar-refractivity contribution in [3.8, 4) is 0 Å². The Bertz CT molecular complexity index is 959. The van der Waals surface area contributed by atoms with Crippen LogP contribution in [-0.2, 0) is 4.74 Å². The minimum atomic E-state index is -0.478. The molecule has 0 spiro atoms. The molecule has 1 unspecified atom stereocenters. The number of anilines is 1. The largest absolute Gasteiger partial charge is 0.465 e. The van der Waals surface area contributed by atoms with Gasteiger partial charge in [-0.15, -0.1) is 0 Å². The number of nitrogens with zero attached hydrogens (tertiary/aromatic N) is 2. The summed E-state index contributed by atoms with van der Waals surface area (Å²) in [7, 11) is 1.29. The highest BCUT2D eigenvalue weighted by Gasteiger charge is 2.30. The number of esters is 1. The number of hydrogen-bond acceptors (Lipinski definition) is 6. The van der Waals surface area contributed by atoms with E-state index >= 15 is 0 Å². The quantitative estimate of drug-likeness (QED) is 0.577. The number of methoxy groups -OCH3 is 1. The molecule has 2 saturated heterocycles. The highest BCUT2D eigenvalue weighted by Crippen LogP contribution is 2.25. The first-order chi connectivity index (χ1) is 15.0. The molecule has 2 aliphatic rings. The number of hydrazine groups is 1. The topological polar surface area (TPSA) is 91.0 Å². The Balaban J connectivity index is 1.30. The molecule has 2 amide bonds. The number of fused-ring (bicyclic) bond motifs is 1. The molecule has 0 saturated carbocycles. The first-order valence-electron chi connectivity index (χ1n) is 10.4. The summed E-state index contributed by atoms with van der Waals surface area (Å²) < 4.78 is 4.63. The maximum Gasteiger partial charge on any atom is 0.337 e. The summed E-state index contributed by atoms with van der Waals surface area (Å²) in [5.74, 6) is -1.35. The fourth-order valence-corrected chi connectivity index (χ4v) is 4.18. The third-order valence-corrected chi connectivity index (χ3v) is 5.94. The summed E-state index contributed by atoms with van der Waals surface area (Å²) in [6, 6.07) is 14.0. The number of carbonyl (C=O) groups excluding carboxylic acids is 3. The van der Waals surface area contributed by atoms with E-state index in [0.29, 0.717) is 22.7 Å². The predicted molar refractivity (Wildman–Crippen MR) is 116 cm³/mol. The average molecular weight is 422 g/mol. The maximum atomic E-state index is 12.4. The third kappa shape index (κ3) is 4.69. The van der Waals surface area contributed by atoms with E-state index in [1.807, 2.05) is 12.1 Å². The van der Waals surface area contributed by atoms with E-state index in [4.69, 9.17) is 0 Å². The zero-order valence-corrected chi connectivity index (χ0v) is 17.5. The van der Waals surface area contributed by atoms with Crippen LogP contribution >= 0.6 is 0 Å². The van der Waals surface area contributed by atoms with Crippen molar-refractivity contribution < 1.29 is 19.1 Å². The Morgan fingerprint density at radius 1 is 0.839 bits per heavy atom. The Hall–Kier alpha value is -3.39. The van der Waals surface area contributed by atoms with Crippen LogP contribution < -0.4 is 15.8 Å². The van der Waals surface area contributed by atoms with E-state index < -0.39 is 17.8 Å². The molecule has 2 fully saturated rings. The van der Waals surface area contributed by atoms with Crippen LogP contribution in [0.25, 0.3) is 0 Å². The van der Waals surface area contributed by atoms with Crippen molar-refractivity contribution >= 4 is 23.5 Å². The summed E-state index contributed by atoms with van der Waals surface area (Å²) >= 11 is 0. The van der Waals surface area contributed by atoms with Gasteiger partial charge < -0.3 is 9.64 Å². The van der Waals surface area contributed by atoms with E-state index in [0.717, 1.165) is 25.3 Å². The number of benzene rings is 2. The van der Waals surface area contributed by atoms with E-state index in [2.05, 4.69) is 25.4 Å². The zero-order valence-electron chi connectivity index (χ0n) is 17.5. The number of amides is 2. The van der Waals surface area contributed by atoms with E-state index in [9.17, 15) is 14.4 Å². The van der Waals surface area contributed by atoms with Gasteiger partial charge in [-0.1, -0.05) is 0 Å². The van der Waals surface area contributed by atoms with Crippen molar-refractivity contribution in [2.75, 3.05) is 38.2 Å². The molecule has 2 aromatic rings. The Morgan fingerprint density at radius 3 is 2.03 bits per heavy atom. The molecule has 8 nitrogen and oxygen atoms in total. The van der Waals surface area contributed by atoms with Gasteiger partial charge in [0.2, 0.25) is 0 Å². The van der Waals surface area contributed by atoms with E-state index in [-0.39, 0.29) is 0 Å². The zero-order chi connectivity index (χ0) is 21.8. The van der Waals surface area contributed by atoms with Crippen molar-refractivity contribution in [2.45, 2.75) is 18.9 Å². The molecule has 31 heavy (non-hydrogen) atoms. The number of nitrogens with one attached hydrogen (secondary N) is 2. The van der Waals surface area contributed by atoms with Gasteiger partial charge in [0.1, 0.15) is 0 Å². The second-order valence-corrected chi connectivity index (χ2v) is 7.80. The van der Waals surface area contributed by atoms with Gasteiger partial charge in [0.25, 0.3) is 11.8 Å². The van der Waals surface area contributed by atoms with E-state index in [1.165, 1.54) is 50.8 Å². The molecule has 2 heterocycles. The highest BCUT2D eigenvalue weighted by atomic mass is 16.5. The number of ether oxygens (including phenoxy) is 1. The molecule has 4 rings (SSSR count). The lowest BCUT2D eigenvalue weighted by molar-refractivity contribution is 0.0600. The smallest absolute Gasteiger partial charge is 0.337 e. The molecule has 2 N–H and O–H groups in total. The maximum absolute atomic E-state index is 12.4. The standard InChI is InChI=1S/C23H26N4O4/c1-31-23(30)18-6-4-16(5-7-18)21(28)24-25-22(29)17-8-10-19(11-9-17)27-14-13-26-12-2-3-20(26)15-27/h4-11,20H,2-3,12-15H2,1H3,(H,24,28)(H,25,29). The lowest BCUT2D eigenvalue weighted by Gasteiger charge is -2.38. The number of hydrogen-bond donors (Lipinski definition) is 2. The molecule has 2 aromatic carbocycles. The molecule has 0 bridgehead atoms. The van der Waals surface area contributed by atoms with Crippen molar-refractivity contribution in [3.05, 3.63) is 65.2 Å². The lowest BCUT2D eigenvalue weighted by Crippen LogP contribution is -2.50. The fourth-order valence-electron chi connectivity index (χ4n) is 4.18. The van der Waals surface area contributed by atoms with Crippen molar-refractivity contribution in [1.82, 2.24) is 15.8 Å². The van der Waals surface area contributed by atoms with Gasteiger partial charge in [-0.25, -0.2) is 4.79 Å². The second kappa shape index (κ2) is 9.18. The molecule has 0 aliphatic carbocycles. The lowest BCUT2D eigenvalue weighted by atomic mass is 10.1. The molecule has 8 heteroatoms. The Morgan fingerprint density at radius 2 is 1.42 bits per heavy atom. The van der Waals surface area contributed by atoms with Crippen LogP contribution in [-0.4, -0.2) is 62.0 Å². The minimum absolute atomic E-state index is 0.314. The van der Waals surface area contributed by atoms with Gasteiger partial charge in [-0.05, 0) is 67.9 Å². The highest BCUT2D eigenvalue weighted by molar-refractivity contribution is 5.99. The molecular weight excluding hydrogens is 396 g/mol. The summed E-state index contributed by atoms with van der Waals surface area (Å²) in [4.78, 5) is 41.0. The summed E-state index contributed by atoms with van der Waals surface area (Å²) in [6.45, 7) is 4.31. The fraction of sp³-hybridized carbons (Fsp3) is 0.348. The van der Waals surface area contributed by atoms with Crippen LogP contribution in [0.15, 0.2) is 48.5 Å². The summed E-state index contributed by atoms with van der Waals surface area (Å²) in [6.07, 6.45) is 2.53. The van der Waals surface area contributed by atoms with Gasteiger partial charge in [0.05, 0.1) is 12.7 Å². The predicted octanol–water partition coefficient (Wildman–Crippen LogP) is 1.83. The second-order valence-electron chi connectivity index (χ2n) is 7.80. The van der Waals surface area contributed by atoms with Crippen LogP contribution in [0.2, 0.25) is 0 Å². The molecule has 1 atom stereocenters. The van der Waals surface area contributed by atoms with Crippen LogP contribution in [0.4, 0.5) is 5.69 Å². The van der Waals surface area contributed by atoms with Crippen molar-refractivity contribution in [2.24, 2.45) is 0 Å². The Kier molecular flexibility index (Phi) is 6.18. The van der Waals surface area contributed by atoms with Crippen LogP contribution in [0.3, 0.4) is 0 Å². The molecule has 0 aromatic heterocycles. The van der Waals surface area contributed by atoms with Crippen LogP contribution in [0.1, 0.15) is 43.9 Å². The average Bonchev–Trinajstić information content (AvgIpc) is 3.30. The molecule has 162 valence electrons. The number of rotatable bonds is 4. The van der Waals surface area contributed by atoms with Crippen LogP contribution in [0, 0.1) is 0 Å². The minimum Gasteiger partial charge on any atom is -0.465 e. The first kappa shape index (κ1) is 20.9. The third-order valence-electron chi connectivity index (χ3n) is 5.94. The first-order valence-corrected chi connectivity index (χ1v) is 10.4.